The number of carbonyl (C=O) groups excluding carboxylic acids is 1. The molecule has 0 saturated carbocycles. The summed E-state index contributed by atoms with van der Waals surface area (Å²) in [5.41, 5.74) is 2.11. The van der Waals surface area contributed by atoms with Gasteiger partial charge in [-0.3, -0.25) is 9.78 Å². The number of hydrogen-bond acceptors (Lipinski definition) is 4. The van der Waals surface area contributed by atoms with E-state index in [1.807, 2.05) is 13.0 Å². The van der Waals surface area contributed by atoms with Crippen LogP contribution in [-0.2, 0) is 0 Å². The highest BCUT2D eigenvalue weighted by atomic mass is 16.1. The van der Waals surface area contributed by atoms with Gasteiger partial charge >= 0.3 is 0 Å². The molecule has 1 amide bonds. The Labute approximate surface area is 105 Å². The summed E-state index contributed by atoms with van der Waals surface area (Å²) < 4.78 is 1.62. The van der Waals surface area contributed by atoms with Crippen molar-refractivity contribution < 1.29 is 4.79 Å². The molecular formula is C12H15N5O. The molecule has 2 heterocycles. The van der Waals surface area contributed by atoms with Crippen LogP contribution in [0.25, 0.3) is 5.69 Å². The summed E-state index contributed by atoms with van der Waals surface area (Å²) in [6.07, 6.45) is 5.18. The Balaban J connectivity index is 2.28. The van der Waals surface area contributed by atoms with Gasteiger partial charge in [-0.2, -0.15) is 5.10 Å². The van der Waals surface area contributed by atoms with Crippen LogP contribution in [0.1, 0.15) is 17.4 Å². The minimum absolute atomic E-state index is 0.204. The van der Waals surface area contributed by atoms with E-state index in [2.05, 4.69) is 20.7 Å². The lowest BCUT2D eigenvalue weighted by Crippen LogP contribution is -2.18. The number of hydrogen-bond donors (Lipinski definition) is 2. The number of anilines is 1. The third kappa shape index (κ3) is 2.48. The topological polar surface area (TPSA) is 71.8 Å². The van der Waals surface area contributed by atoms with E-state index in [-0.39, 0.29) is 5.91 Å². The van der Waals surface area contributed by atoms with Crippen molar-refractivity contribution in [3.8, 4) is 5.69 Å². The first kappa shape index (κ1) is 12.1. The molecule has 94 valence electrons. The Hall–Kier alpha value is -2.37. The molecular weight excluding hydrogens is 230 g/mol. The van der Waals surface area contributed by atoms with Crippen LogP contribution in [0.15, 0.2) is 30.7 Å². The zero-order valence-electron chi connectivity index (χ0n) is 10.3. The molecule has 0 aliphatic heterocycles. The molecule has 0 aliphatic rings. The summed E-state index contributed by atoms with van der Waals surface area (Å²) in [7, 11) is 1.58. The van der Waals surface area contributed by atoms with Gasteiger partial charge in [-0.15, -0.1) is 0 Å². The maximum absolute atomic E-state index is 11.4. The van der Waals surface area contributed by atoms with Crippen LogP contribution in [0, 0.1) is 0 Å². The van der Waals surface area contributed by atoms with Crippen LogP contribution in [0.3, 0.4) is 0 Å². The molecule has 18 heavy (non-hydrogen) atoms. The predicted molar refractivity (Wildman–Crippen MR) is 68.9 cm³/mol. The molecule has 0 radical (unpaired) electrons. The maximum atomic E-state index is 11.4. The van der Waals surface area contributed by atoms with E-state index in [0.717, 1.165) is 17.9 Å². The van der Waals surface area contributed by atoms with E-state index in [4.69, 9.17) is 0 Å². The van der Waals surface area contributed by atoms with Crippen molar-refractivity contribution in [1.82, 2.24) is 20.1 Å². The molecule has 0 saturated heterocycles. The summed E-state index contributed by atoms with van der Waals surface area (Å²) in [5.74, 6) is -0.204. The average Bonchev–Trinajstić information content (AvgIpc) is 2.88. The van der Waals surface area contributed by atoms with E-state index < -0.39 is 0 Å². The van der Waals surface area contributed by atoms with Crippen molar-refractivity contribution >= 4 is 11.6 Å². The summed E-state index contributed by atoms with van der Waals surface area (Å²) in [4.78, 5) is 15.5. The third-order valence-corrected chi connectivity index (χ3v) is 2.42. The van der Waals surface area contributed by atoms with Crippen molar-refractivity contribution in [3.05, 3.63) is 36.4 Å². The lowest BCUT2D eigenvalue weighted by atomic mass is 10.3. The van der Waals surface area contributed by atoms with Crippen LogP contribution in [-0.4, -0.2) is 34.3 Å². The minimum Gasteiger partial charge on any atom is -0.384 e. The second kappa shape index (κ2) is 5.31. The summed E-state index contributed by atoms with van der Waals surface area (Å²) in [6.45, 7) is 2.85. The van der Waals surface area contributed by atoms with E-state index in [9.17, 15) is 4.79 Å². The zero-order valence-corrected chi connectivity index (χ0v) is 10.3. The number of nitrogens with zero attached hydrogens (tertiary/aromatic N) is 3. The van der Waals surface area contributed by atoms with Crippen LogP contribution >= 0.6 is 0 Å². The van der Waals surface area contributed by atoms with Gasteiger partial charge in [-0.05, 0) is 19.1 Å². The largest absolute Gasteiger partial charge is 0.384 e. The fraction of sp³-hybridized carbons (Fsp3) is 0.250. The van der Waals surface area contributed by atoms with Crippen molar-refractivity contribution in [2.24, 2.45) is 0 Å². The van der Waals surface area contributed by atoms with Crippen molar-refractivity contribution in [2.45, 2.75) is 6.92 Å². The highest BCUT2D eigenvalue weighted by molar-refractivity contribution is 5.91. The van der Waals surface area contributed by atoms with Gasteiger partial charge in [0.05, 0.1) is 23.8 Å². The van der Waals surface area contributed by atoms with Gasteiger partial charge in [-0.25, -0.2) is 4.68 Å². The molecule has 6 nitrogen and oxygen atoms in total. The molecule has 2 rings (SSSR count). The van der Waals surface area contributed by atoms with Crippen molar-refractivity contribution in [3.63, 3.8) is 0 Å². The van der Waals surface area contributed by atoms with Crippen LogP contribution < -0.4 is 10.6 Å². The van der Waals surface area contributed by atoms with Gasteiger partial charge in [-0.1, -0.05) is 0 Å². The summed E-state index contributed by atoms with van der Waals surface area (Å²) in [6, 6.07) is 3.59. The Morgan fingerprint density at radius 3 is 3.00 bits per heavy atom. The smallest absolute Gasteiger partial charge is 0.271 e. The van der Waals surface area contributed by atoms with Gasteiger partial charge in [0.1, 0.15) is 0 Å². The molecule has 0 atom stereocenters. The molecule has 0 unspecified atom stereocenters. The standard InChI is InChI=1S/C12H15N5O/c1-3-15-9-6-10(8-14-7-9)17-5-4-11(16-17)12(18)13-2/h4-8,15H,3H2,1-2H3,(H,13,18). The van der Waals surface area contributed by atoms with Crippen molar-refractivity contribution in [2.75, 3.05) is 18.9 Å². The second-order valence-electron chi connectivity index (χ2n) is 3.69. The number of nitrogens with one attached hydrogen (secondary N) is 2. The highest BCUT2D eigenvalue weighted by Crippen LogP contribution is 2.12. The van der Waals surface area contributed by atoms with Crippen LogP contribution in [0.2, 0.25) is 0 Å². The summed E-state index contributed by atoms with van der Waals surface area (Å²) >= 11 is 0. The number of carbonyl (C=O) groups is 1. The lowest BCUT2D eigenvalue weighted by Gasteiger charge is -2.05. The number of amides is 1. The maximum Gasteiger partial charge on any atom is 0.271 e. The van der Waals surface area contributed by atoms with Crippen LogP contribution in [0.5, 0.6) is 0 Å². The molecule has 2 aromatic rings. The molecule has 0 spiro atoms. The van der Waals surface area contributed by atoms with E-state index in [0.29, 0.717) is 5.69 Å². The average molecular weight is 245 g/mol. The van der Waals surface area contributed by atoms with Crippen LogP contribution in [0.4, 0.5) is 5.69 Å². The van der Waals surface area contributed by atoms with Crippen molar-refractivity contribution in [1.29, 1.82) is 0 Å². The Morgan fingerprint density at radius 1 is 1.44 bits per heavy atom. The molecule has 0 aromatic carbocycles. The van der Waals surface area contributed by atoms with Gasteiger partial charge in [0, 0.05) is 19.8 Å². The number of pyridine rings is 1. The fourth-order valence-electron chi connectivity index (χ4n) is 1.57. The monoisotopic (exact) mass is 245 g/mol. The van der Waals surface area contributed by atoms with Gasteiger partial charge in [0.2, 0.25) is 0 Å². The Morgan fingerprint density at radius 2 is 2.28 bits per heavy atom. The number of aromatic nitrogens is 3. The first-order valence-corrected chi connectivity index (χ1v) is 5.71. The van der Waals surface area contributed by atoms with Gasteiger partial charge in [0.25, 0.3) is 5.91 Å². The minimum atomic E-state index is -0.204. The van der Waals surface area contributed by atoms with E-state index in [1.165, 1.54) is 0 Å². The summed E-state index contributed by atoms with van der Waals surface area (Å²) in [5, 5.41) is 9.90. The fourth-order valence-corrected chi connectivity index (χ4v) is 1.57. The Kier molecular flexibility index (Phi) is 3.57. The SMILES string of the molecule is CCNc1cncc(-n2ccc(C(=O)NC)n2)c1. The molecule has 0 aliphatic carbocycles. The molecule has 0 bridgehead atoms. The third-order valence-electron chi connectivity index (χ3n) is 2.42. The lowest BCUT2D eigenvalue weighted by molar-refractivity contribution is 0.0957. The Bertz CT molecular complexity index is 549. The molecule has 2 N–H and O–H groups in total. The molecule has 2 aromatic heterocycles. The van der Waals surface area contributed by atoms with E-state index in [1.54, 1.807) is 36.4 Å². The highest BCUT2D eigenvalue weighted by Gasteiger charge is 2.08. The number of rotatable bonds is 4. The zero-order chi connectivity index (χ0) is 13.0. The quantitative estimate of drug-likeness (QED) is 0.844. The molecule has 6 heteroatoms. The van der Waals surface area contributed by atoms with Gasteiger partial charge in [0.15, 0.2) is 5.69 Å². The second-order valence-corrected chi connectivity index (χ2v) is 3.69. The predicted octanol–water partition coefficient (Wildman–Crippen LogP) is 1.06. The van der Waals surface area contributed by atoms with Gasteiger partial charge < -0.3 is 10.6 Å². The van der Waals surface area contributed by atoms with E-state index >= 15 is 0 Å². The normalized spacial score (nSPS) is 10.1. The first-order valence-electron chi connectivity index (χ1n) is 5.71. The first-order chi connectivity index (χ1) is 8.74. The molecule has 0 fully saturated rings.